The van der Waals surface area contributed by atoms with E-state index >= 15 is 0 Å². The van der Waals surface area contributed by atoms with Gasteiger partial charge in [0.25, 0.3) is 5.91 Å². The van der Waals surface area contributed by atoms with Crippen molar-refractivity contribution in [1.82, 2.24) is 5.32 Å². The fraction of sp³-hybridized carbons (Fsp3) is 0.533. The molecule has 106 valence electrons. The number of hydrogen-bond acceptors (Lipinski definition) is 2. The van der Waals surface area contributed by atoms with Gasteiger partial charge in [-0.25, -0.2) is 0 Å². The molecule has 1 aromatic rings. The molecule has 0 fully saturated rings. The van der Waals surface area contributed by atoms with E-state index in [0.29, 0.717) is 17.1 Å². The highest BCUT2D eigenvalue weighted by Gasteiger charge is 2.18. The van der Waals surface area contributed by atoms with Crippen LogP contribution in [-0.2, 0) is 0 Å². The molecule has 1 amide bonds. The highest BCUT2D eigenvalue weighted by molar-refractivity contribution is 6.31. The van der Waals surface area contributed by atoms with E-state index in [-0.39, 0.29) is 17.9 Å². The number of carbonyl (C=O) groups is 1. The van der Waals surface area contributed by atoms with E-state index < -0.39 is 0 Å². The molecule has 0 bridgehead atoms. The largest absolute Gasteiger partial charge is 0.396 e. The van der Waals surface area contributed by atoms with Crippen LogP contribution in [0.15, 0.2) is 18.2 Å². The van der Waals surface area contributed by atoms with E-state index in [1.54, 1.807) is 18.2 Å². The first-order valence-corrected chi connectivity index (χ1v) is 6.89. The Kier molecular flexibility index (Phi) is 5.83. The molecule has 0 saturated heterocycles. The van der Waals surface area contributed by atoms with Crippen LogP contribution in [0.3, 0.4) is 0 Å². The van der Waals surface area contributed by atoms with Gasteiger partial charge in [0.2, 0.25) is 0 Å². The molecule has 0 spiro atoms. The van der Waals surface area contributed by atoms with Crippen LogP contribution in [0.2, 0.25) is 5.02 Å². The van der Waals surface area contributed by atoms with Crippen LogP contribution in [0.25, 0.3) is 0 Å². The molecular formula is C15H22ClNO2. The molecule has 1 rings (SSSR count). The molecule has 0 heterocycles. The molecule has 0 aliphatic carbocycles. The zero-order chi connectivity index (χ0) is 14.5. The third-order valence-corrected chi connectivity index (χ3v) is 3.58. The third-order valence-electron chi connectivity index (χ3n) is 3.16. The molecule has 1 aromatic carbocycles. The lowest BCUT2D eigenvalue weighted by molar-refractivity contribution is 0.0933. The maximum absolute atomic E-state index is 12.0. The van der Waals surface area contributed by atoms with Crippen molar-refractivity contribution in [1.29, 1.82) is 0 Å². The van der Waals surface area contributed by atoms with Crippen LogP contribution in [-0.4, -0.2) is 24.2 Å². The Morgan fingerprint density at radius 3 is 2.68 bits per heavy atom. The maximum atomic E-state index is 12.0. The van der Waals surface area contributed by atoms with E-state index in [1.165, 1.54) is 0 Å². The van der Waals surface area contributed by atoms with Crippen molar-refractivity contribution < 1.29 is 9.90 Å². The minimum absolute atomic E-state index is 0.0140. The summed E-state index contributed by atoms with van der Waals surface area (Å²) in [4.78, 5) is 12.0. The second kappa shape index (κ2) is 6.92. The van der Waals surface area contributed by atoms with Crippen molar-refractivity contribution in [2.24, 2.45) is 5.41 Å². The number of halogens is 1. The van der Waals surface area contributed by atoms with Crippen LogP contribution < -0.4 is 5.32 Å². The summed E-state index contributed by atoms with van der Waals surface area (Å²) in [5.74, 6) is -0.0863. The van der Waals surface area contributed by atoms with Gasteiger partial charge in [-0.05, 0) is 48.9 Å². The van der Waals surface area contributed by atoms with E-state index in [1.807, 2.05) is 6.92 Å². The lowest BCUT2D eigenvalue weighted by atomic mass is 9.88. The number of benzene rings is 1. The van der Waals surface area contributed by atoms with Crippen molar-refractivity contribution in [2.75, 3.05) is 13.2 Å². The van der Waals surface area contributed by atoms with Gasteiger partial charge < -0.3 is 10.4 Å². The van der Waals surface area contributed by atoms with Crippen molar-refractivity contribution in [3.8, 4) is 0 Å². The van der Waals surface area contributed by atoms with E-state index in [4.69, 9.17) is 16.7 Å². The molecular weight excluding hydrogens is 262 g/mol. The Morgan fingerprint density at radius 1 is 1.42 bits per heavy atom. The summed E-state index contributed by atoms with van der Waals surface area (Å²) >= 11 is 5.94. The third kappa shape index (κ3) is 5.21. The fourth-order valence-corrected chi connectivity index (χ4v) is 1.97. The van der Waals surface area contributed by atoms with Crippen LogP contribution in [0.5, 0.6) is 0 Å². The molecule has 4 heteroatoms. The summed E-state index contributed by atoms with van der Waals surface area (Å²) in [5.41, 5.74) is 1.51. The Bertz CT molecular complexity index is 444. The van der Waals surface area contributed by atoms with Crippen LogP contribution in [0.1, 0.15) is 42.6 Å². The van der Waals surface area contributed by atoms with E-state index in [2.05, 4.69) is 19.2 Å². The molecule has 0 aliphatic rings. The molecule has 0 radical (unpaired) electrons. The van der Waals surface area contributed by atoms with Gasteiger partial charge in [0.15, 0.2) is 0 Å². The van der Waals surface area contributed by atoms with Crippen LogP contribution in [0.4, 0.5) is 0 Å². The van der Waals surface area contributed by atoms with Gasteiger partial charge in [-0.15, -0.1) is 0 Å². The number of hydrogen-bond donors (Lipinski definition) is 2. The standard InChI is InChI=1S/C15H22ClNO2/c1-11-9-12(5-6-13(11)16)14(19)17-10-15(2,3)7-4-8-18/h5-6,9,18H,4,7-8,10H2,1-3H3,(H,17,19). The van der Waals surface area contributed by atoms with Crippen molar-refractivity contribution in [2.45, 2.75) is 33.6 Å². The molecule has 0 aliphatic heterocycles. The molecule has 0 unspecified atom stereocenters. The lowest BCUT2D eigenvalue weighted by Gasteiger charge is -2.24. The Labute approximate surface area is 120 Å². The van der Waals surface area contributed by atoms with Crippen LogP contribution in [0, 0.1) is 12.3 Å². The Hall–Kier alpha value is -1.06. The number of amides is 1. The van der Waals surface area contributed by atoms with Gasteiger partial charge in [-0.1, -0.05) is 25.4 Å². The first kappa shape index (κ1) is 16.0. The Morgan fingerprint density at radius 2 is 2.11 bits per heavy atom. The minimum Gasteiger partial charge on any atom is -0.396 e. The number of aryl methyl sites for hydroxylation is 1. The summed E-state index contributed by atoms with van der Waals surface area (Å²) in [7, 11) is 0. The predicted octanol–water partition coefficient (Wildman–Crippen LogP) is 3.18. The summed E-state index contributed by atoms with van der Waals surface area (Å²) in [6.45, 7) is 6.82. The van der Waals surface area contributed by atoms with E-state index in [0.717, 1.165) is 18.4 Å². The molecule has 0 atom stereocenters. The fourth-order valence-electron chi connectivity index (χ4n) is 1.85. The molecule has 3 nitrogen and oxygen atoms in total. The highest BCUT2D eigenvalue weighted by Crippen LogP contribution is 2.21. The number of nitrogens with one attached hydrogen (secondary N) is 1. The molecule has 19 heavy (non-hydrogen) atoms. The first-order valence-electron chi connectivity index (χ1n) is 6.51. The van der Waals surface area contributed by atoms with Crippen molar-refractivity contribution >= 4 is 17.5 Å². The number of carbonyl (C=O) groups excluding carboxylic acids is 1. The average molecular weight is 284 g/mol. The lowest BCUT2D eigenvalue weighted by Crippen LogP contribution is -2.34. The predicted molar refractivity (Wildman–Crippen MR) is 78.6 cm³/mol. The zero-order valence-electron chi connectivity index (χ0n) is 11.8. The maximum Gasteiger partial charge on any atom is 0.251 e. The van der Waals surface area contributed by atoms with Gasteiger partial charge in [0.05, 0.1) is 0 Å². The summed E-state index contributed by atoms with van der Waals surface area (Å²) in [5, 5.41) is 12.4. The molecule has 0 saturated carbocycles. The van der Waals surface area contributed by atoms with Gasteiger partial charge in [0.1, 0.15) is 0 Å². The Balaban J connectivity index is 2.57. The van der Waals surface area contributed by atoms with Crippen molar-refractivity contribution in [3.63, 3.8) is 0 Å². The highest BCUT2D eigenvalue weighted by atomic mass is 35.5. The van der Waals surface area contributed by atoms with Gasteiger partial charge in [-0.3, -0.25) is 4.79 Å². The SMILES string of the molecule is Cc1cc(C(=O)NCC(C)(C)CCCO)ccc1Cl. The quantitative estimate of drug-likeness (QED) is 0.842. The summed E-state index contributed by atoms with van der Waals surface area (Å²) in [6, 6.07) is 5.26. The number of rotatable bonds is 6. The van der Waals surface area contributed by atoms with Crippen molar-refractivity contribution in [3.05, 3.63) is 34.3 Å². The normalized spacial score (nSPS) is 11.4. The second-order valence-corrected chi connectivity index (χ2v) is 6.05. The van der Waals surface area contributed by atoms with Crippen LogP contribution >= 0.6 is 11.6 Å². The number of aliphatic hydroxyl groups is 1. The second-order valence-electron chi connectivity index (χ2n) is 5.64. The van der Waals surface area contributed by atoms with E-state index in [9.17, 15) is 4.79 Å². The minimum atomic E-state index is -0.0863. The molecule has 2 N–H and O–H groups in total. The summed E-state index contributed by atoms with van der Waals surface area (Å²) in [6.07, 6.45) is 1.63. The average Bonchev–Trinajstić information content (AvgIpc) is 2.37. The summed E-state index contributed by atoms with van der Waals surface area (Å²) < 4.78 is 0. The molecule has 0 aromatic heterocycles. The topological polar surface area (TPSA) is 49.3 Å². The zero-order valence-corrected chi connectivity index (χ0v) is 12.5. The first-order chi connectivity index (χ1) is 8.85. The monoisotopic (exact) mass is 283 g/mol. The smallest absolute Gasteiger partial charge is 0.251 e. The van der Waals surface area contributed by atoms with Gasteiger partial charge >= 0.3 is 0 Å². The van der Waals surface area contributed by atoms with Gasteiger partial charge in [-0.2, -0.15) is 0 Å². The number of aliphatic hydroxyl groups excluding tert-OH is 1. The van der Waals surface area contributed by atoms with Gasteiger partial charge in [0, 0.05) is 23.7 Å².